The monoisotopic (exact) mass is 421 g/mol. The van der Waals surface area contributed by atoms with Gasteiger partial charge in [0, 0.05) is 4.88 Å². The van der Waals surface area contributed by atoms with E-state index in [-0.39, 0.29) is 19.1 Å². The van der Waals surface area contributed by atoms with Gasteiger partial charge in [0.2, 0.25) is 5.91 Å². The predicted octanol–water partition coefficient (Wildman–Crippen LogP) is 2.99. The number of rotatable bonds is 6. The number of ether oxygens (including phenoxy) is 1. The molecule has 1 saturated heterocycles. The lowest BCUT2D eigenvalue weighted by Gasteiger charge is -2.30. The normalized spacial score (nSPS) is 18.1. The van der Waals surface area contributed by atoms with Crippen molar-refractivity contribution in [2.75, 3.05) is 18.5 Å². The maximum atomic E-state index is 12.8. The molecule has 2 aliphatic rings. The van der Waals surface area contributed by atoms with Crippen LogP contribution in [0.3, 0.4) is 0 Å². The molecule has 2 N–H and O–H groups in total. The van der Waals surface area contributed by atoms with Crippen LogP contribution in [0.2, 0.25) is 0 Å². The number of esters is 1. The summed E-state index contributed by atoms with van der Waals surface area (Å²) in [5.41, 5.74) is 0.326. The Bertz CT molecular complexity index is 841. The second-order valence-electron chi connectivity index (χ2n) is 7.43. The Morgan fingerprint density at radius 3 is 2.52 bits per heavy atom. The van der Waals surface area contributed by atoms with E-state index in [1.807, 2.05) is 13.8 Å². The van der Waals surface area contributed by atoms with Gasteiger partial charge in [-0.2, -0.15) is 0 Å². The number of thiophene rings is 1. The highest BCUT2D eigenvalue weighted by Gasteiger charge is 2.51. The first-order chi connectivity index (χ1) is 13.8. The minimum absolute atomic E-state index is 0.231. The van der Waals surface area contributed by atoms with Gasteiger partial charge in [-0.15, -0.1) is 11.3 Å². The van der Waals surface area contributed by atoms with Gasteiger partial charge in [-0.25, -0.2) is 9.59 Å². The van der Waals surface area contributed by atoms with E-state index in [1.54, 1.807) is 6.92 Å². The summed E-state index contributed by atoms with van der Waals surface area (Å²) in [6, 6.07) is -0.533. The summed E-state index contributed by atoms with van der Waals surface area (Å²) in [7, 11) is 0. The molecule has 1 aliphatic heterocycles. The van der Waals surface area contributed by atoms with Gasteiger partial charge in [0.1, 0.15) is 17.1 Å². The van der Waals surface area contributed by atoms with Gasteiger partial charge < -0.3 is 15.4 Å². The molecular weight excluding hydrogens is 394 g/mol. The minimum atomic E-state index is -0.861. The molecule has 3 rings (SSSR count). The van der Waals surface area contributed by atoms with Crippen LogP contribution in [0, 0.1) is 6.92 Å². The Hall–Kier alpha value is -2.42. The van der Waals surface area contributed by atoms with E-state index in [0.29, 0.717) is 29.8 Å². The lowest BCUT2D eigenvalue weighted by molar-refractivity contribution is -0.134. The number of carbonyl (C=O) groups is 4. The Labute approximate surface area is 174 Å². The number of urea groups is 1. The zero-order valence-corrected chi connectivity index (χ0v) is 17.9. The van der Waals surface area contributed by atoms with Crippen LogP contribution < -0.4 is 10.6 Å². The van der Waals surface area contributed by atoms with Crippen molar-refractivity contribution in [3.8, 4) is 0 Å². The average molecular weight is 422 g/mol. The summed E-state index contributed by atoms with van der Waals surface area (Å²) in [6.07, 6.45) is 4.63. The van der Waals surface area contributed by atoms with Gasteiger partial charge in [0.25, 0.3) is 5.91 Å². The van der Waals surface area contributed by atoms with Gasteiger partial charge in [0.05, 0.1) is 12.2 Å². The number of carbonyl (C=O) groups excluding carboxylic acids is 4. The number of hydrogen-bond donors (Lipinski definition) is 2. The van der Waals surface area contributed by atoms with E-state index < -0.39 is 23.4 Å². The summed E-state index contributed by atoms with van der Waals surface area (Å²) in [5.74, 6) is -1.34. The SMILES string of the molecule is CCOC(=O)c1c(NC(=O)CN2C(=O)NC3(CCCCC3)C2=O)sc(C)c1CC. The van der Waals surface area contributed by atoms with Gasteiger partial charge in [-0.05, 0) is 38.7 Å². The third-order valence-electron chi connectivity index (χ3n) is 5.55. The topological polar surface area (TPSA) is 105 Å². The fraction of sp³-hybridized carbons (Fsp3) is 0.600. The smallest absolute Gasteiger partial charge is 0.341 e. The summed E-state index contributed by atoms with van der Waals surface area (Å²) in [4.78, 5) is 52.1. The number of nitrogens with one attached hydrogen (secondary N) is 2. The summed E-state index contributed by atoms with van der Waals surface area (Å²) in [5, 5.41) is 5.89. The molecule has 9 heteroatoms. The molecule has 1 spiro atoms. The second kappa shape index (κ2) is 8.52. The van der Waals surface area contributed by atoms with Crippen LogP contribution in [0.15, 0.2) is 0 Å². The zero-order valence-electron chi connectivity index (χ0n) is 17.1. The van der Waals surface area contributed by atoms with Crippen molar-refractivity contribution in [3.05, 3.63) is 16.0 Å². The molecule has 0 unspecified atom stereocenters. The van der Waals surface area contributed by atoms with E-state index in [0.717, 1.165) is 34.6 Å². The van der Waals surface area contributed by atoms with Crippen molar-refractivity contribution in [2.24, 2.45) is 0 Å². The molecule has 1 aromatic rings. The van der Waals surface area contributed by atoms with E-state index in [2.05, 4.69) is 10.6 Å². The highest BCUT2D eigenvalue weighted by molar-refractivity contribution is 7.16. The van der Waals surface area contributed by atoms with Crippen LogP contribution in [-0.4, -0.2) is 47.4 Å². The standard InChI is InChI=1S/C20H27N3O5S/c1-4-13-12(3)29-16(15(13)17(25)28-5-2)21-14(24)11-23-18(26)20(22-19(23)27)9-7-6-8-10-20/h4-11H2,1-3H3,(H,21,24)(H,22,27). The van der Waals surface area contributed by atoms with Crippen LogP contribution in [-0.2, 0) is 20.7 Å². The number of nitrogens with zero attached hydrogens (tertiary/aromatic N) is 1. The lowest BCUT2D eigenvalue weighted by Crippen LogP contribution is -2.48. The Morgan fingerprint density at radius 1 is 1.21 bits per heavy atom. The molecule has 0 bridgehead atoms. The molecule has 1 aliphatic carbocycles. The molecule has 1 aromatic heterocycles. The third kappa shape index (κ3) is 4.01. The van der Waals surface area contributed by atoms with E-state index >= 15 is 0 Å². The quantitative estimate of drug-likeness (QED) is 0.543. The third-order valence-corrected chi connectivity index (χ3v) is 6.61. The number of amides is 4. The maximum absolute atomic E-state index is 12.8. The average Bonchev–Trinajstić information content (AvgIpc) is 3.11. The lowest BCUT2D eigenvalue weighted by atomic mass is 9.82. The molecule has 29 heavy (non-hydrogen) atoms. The first-order valence-electron chi connectivity index (χ1n) is 10.1. The molecule has 4 amide bonds. The molecular formula is C20H27N3O5S. The van der Waals surface area contributed by atoms with E-state index in [4.69, 9.17) is 4.74 Å². The number of hydrogen-bond acceptors (Lipinski definition) is 6. The Kier molecular flexibility index (Phi) is 6.26. The molecule has 0 atom stereocenters. The van der Waals surface area contributed by atoms with Crippen molar-refractivity contribution in [1.82, 2.24) is 10.2 Å². The molecule has 8 nitrogen and oxygen atoms in total. The number of anilines is 1. The number of imide groups is 1. The van der Waals surface area contributed by atoms with Crippen molar-refractivity contribution in [2.45, 2.75) is 64.8 Å². The van der Waals surface area contributed by atoms with Crippen LogP contribution in [0.4, 0.5) is 9.80 Å². The van der Waals surface area contributed by atoms with Gasteiger partial charge in [-0.1, -0.05) is 26.2 Å². The molecule has 2 heterocycles. The molecule has 158 valence electrons. The van der Waals surface area contributed by atoms with Crippen molar-refractivity contribution in [3.63, 3.8) is 0 Å². The summed E-state index contributed by atoms with van der Waals surface area (Å²) in [6.45, 7) is 5.38. The Morgan fingerprint density at radius 2 is 1.90 bits per heavy atom. The van der Waals surface area contributed by atoms with Crippen molar-refractivity contribution in [1.29, 1.82) is 0 Å². The molecule has 0 radical (unpaired) electrons. The first-order valence-corrected chi connectivity index (χ1v) is 10.9. The van der Waals surface area contributed by atoms with Gasteiger partial charge in [0.15, 0.2) is 0 Å². The zero-order chi connectivity index (χ0) is 21.2. The molecule has 2 fully saturated rings. The highest BCUT2D eigenvalue weighted by Crippen LogP contribution is 2.35. The largest absolute Gasteiger partial charge is 0.462 e. The van der Waals surface area contributed by atoms with Crippen molar-refractivity contribution >= 4 is 40.2 Å². The van der Waals surface area contributed by atoms with Crippen LogP contribution in [0.1, 0.15) is 66.8 Å². The highest BCUT2D eigenvalue weighted by atomic mass is 32.1. The second-order valence-corrected chi connectivity index (χ2v) is 8.65. The fourth-order valence-corrected chi connectivity index (χ4v) is 5.28. The van der Waals surface area contributed by atoms with E-state index in [1.165, 1.54) is 11.3 Å². The number of aryl methyl sites for hydroxylation is 1. The van der Waals surface area contributed by atoms with Crippen LogP contribution >= 0.6 is 11.3 Å². The van der Waals surface area contributed by atoms with E-state index in [9.17, 15) is 19.2 Å². The van der Waals surface area contributed by atoms with Crippen LogP contribution in [0.5, 0.6) is 0 Å². The Balaban J connectivity index is 1.75. The van der Waals surface area contributed by atoms with Crippen molar-refractivity contribution < 1.29 is 23.9 Å². The van der Waals surface area contributed by atoms with Crippen LogP contribution in [0.25, 0.3) is 0 Å². The maximum Gasteiger partial charge on any atom is 0.341 e. The van der Waals surface area contributed by atoms with Gasteiger partial charge >= 0.3 is 12.0 Å². The summed E-state index contributed by atoms with van der Waals surface area (Å²) >= 11 is 1.29. The molecule has 0 aromatic carbocycles. The predicted molar refractivity (Wildman–Crippen MR) is 109 cm³/mol. The van der Waals surface area contributed by atoms with Gasteiger partial charge in [-0.3, -0.25) is 14.5 Å². The first kappa shape index (κ1) is 21.3. The fourth-order valence-electron chi connectivity index (χ4n) is 4.14. The summed E-state index contributed by atoms with van der Waals surface area (Å²) < 4.78 is 5.14. The minimum Gasteiger partial charge on any atom is -0.462 e. The molecule has 1 saturated carbocycles.